The maximum Gasteiger partial charge on any atom is 0.297 e. The summed E-state index contributed by atoms with van der Waals surface area (Å²) in [5.74, 6) is 1.58. The molecule has 1 aliphatic heterocycles. The third-order valence-corrected chi connectivity index (χ3v) is 5.93. The van der Waals surface area contributed by atoms with Gasteiger partial charge < -0.3 is 9.47 Å². The van der Waals surface area contributed by atoms with Crippen LogP contribution in [0.5, 0.6) is 11.5 Å². The van der Waals surface area contributed by atoms with Gasteiger partial charge >= 0.3 is 0 Å². The Kier molecular flexibility index (Phi) is 5.23. The summed E-state index contributed by atoms with van der Waals surface area (Å²) in [5.41, 5.74) is 2.93. The summed E-state index contributed by atoms with van der Waals surface area (Å²) >= 11 is 0. The third-order valence-electron chi connectivity index (χ3n) is 4.63. The summed E-state index contributed by atoms with van der Waals surface area (Å²) in [6.07, 6.45) is 0.229. The standard InChI is InChI=1S/C21H26O5S/c1-14-6-8-18(9-7-14)27(22,23)25-13-17-11-15-10-16(24-5)12-19(20(15)26-17)21(2,3)4/h6-10,12,17H,11,13H2,1-5H3. The Morgan fingerprint density at radius 3 is 2.41 bits per heavy atom. The van der Waals surface area contributed by atoms with Crippen LogP contribution in [0.2, 0.25) is 0 Å². The van der Waals surface area contributed by atoms with Crippen LogP contribution in [0.15, 0.2) is 41.3 Å². The molecule has 146 valence electrons. The average Bonchev–Trinajstić information content (AvgIpc) is 3.01. The van der Waals surface area contributed by atoms with E-state index in [1.54, 1.807) is 31.4 Å². The van der Waals surface area contributed by atoms with Gasteiger partial charge in [-0.1, -0.05) is 38.5 Å². The Morgan fingerprint density at radius 2 is 1.81 bits per heavy atom. The number of aryl methyl sites for hydroxylation is 1. The van der Waals surface area contributed by atoms with E-state index < -0.39 is 10.1 Å². The van der Waals surface area contributed by atoms with Gasteiger partial charge in [-0.15, -0.1) is 0 Å². The Morgan fingerprint density at radius 1 is 1.15 bits per heavy atom. The highest BCUT2D eigenvalue weighted by atomic mass is 32.2. The number of benzene rings is 2. The van der Waals surface area contributed by atoms with Crippen LogP contribution in [0.4, 0.5) is 0 Å². The molecule has 0 aliphatic carbocycles. The molecule has 0 amide bonds. The molecule has 0 saturated heterocycles. The number of methoxy groups -OCH3 is 1. The molecule has 2 aromatic rings. The summed E-state index contributed by atoms with van der Waals surface area (Å²) in [4.78, 5) is 0.153. The monoisotopic (exact) mass is 390 g/mol. The summed E-state index contributed by atoms with van der Waals surface area (Å²) in [7, 11) is -2.17. The van der Waals surface area contributed by atoms with E-state index >= 15 is 0 Å². The van der Waals surface area contributed by atoms with Gasteiger partial charge in [-0.25, -0.2) is 0 Å². The van der Waals surface area contributed by atoms with Gasteiger partial charge in [0.1, 0.15) is 24.2 Å². The van der Waals surface area contributed by atoms with E-state index in [1.165, 1.54) is 0 Å². The van der Waals surface area contributed by atoms with Crippen molar-refractivity contribution in [1.29, 1.82) is 0 Å². The summed E-state index contributed by atoms with van der Waals surface area (Å²) in [6, 6.07) is 10.5. The van der Waals surface area contributed by atoms with Crippen LogP contribution < -0.4 is 9.47 Å². The largest absolute Gasteiger partial charge is 0.497 e. The van der Waals surface area contributed by atoms with Gasteiger partial charge in [0, 0.05) is 17.5 Å². The van der Waals surface area contributed by atoms with E-state index in [0.717, 1.165) is 28.2 Å². The van der Waals surface area contributed by atoms with Crippen LogP contribution in [0.3, 0.4) is 0 Å². The minimum Gasteiger partial charge on any atom is -0.497 e. The van der Waals surface area contributed by atoms with Crippen molar-refractivity contribution >= 4 is 10.1 Å². The van der Waals surface area contributed by atoms with Crippen LogP contribution >= 0.6 is 0 Å². The highest BCUT2D eigenvalue weighted by Crippen LogP contribution is 2.42. The normalized spacial score (nSPS) is 16.7. The first kappa shape index (κ1) is 19.7. The van der Waals surface area contributed by atoms with Gasteiger partial charge in [0.05, 0.1) is 12.0 Å². The molecule has 0 fully saturated rings. The predicted molar refractivity (Wildman–Crippen MR) is 104 cm³/mol. The Hall–Kier alpha value is -2.05. The zero-order valence-electron chi connectivity index (χ0n) is 16.4. The Bertz CT molecular complexity index is 924. The maximum atomic E-state index is 12.4. The second-order valence-electron chi connectivity index (χ2n) is 7.91. The van der Waals surface area contributed by atoms with E-state index in [9.17, 15) is 8.42 Å². The van der Waals surface area contributed by atoms with Gasteiger partial charge in [0.25, 0.3) is 10.1 Å². The summed E-state index contributed by atoms with van der Waals surface area (Å²) in [5, 5.41) is 0. The lowest BCUT2D eigenvalue weighted by Crippen LogP contribution is -2.23. The third kappa shape index (κ3) is 4.28. The molecule has 0 saturated carbocycles. The lowest BCUT2D eigenvalue weighted by atomic mass is 9.85. The fraction of sp³-hybridized carbons (Fsp3) is 0.429. The summed E-state index contributed by atoms with van der Waals surface area (Å²) in [6.45, 7) is 8.20. The molecule has 0 radical (unpaired) electrons. The van der Waals surface area contributed by atoms with E-state index in [4.69, 9.17) is 13.7 Å². The van der Waals surface area contributed by atoms with Crippen LogP contribution in [0.25, 0.3) is 0 Å². The molecule has 0 N–H and O–H groups in total. The van der Waals surface area contributed by atoms with E-state index in [-0.39, 0.29) is 23.0 Å². The molecule has 0 aromatic heterocycles. The first-order valence-corrected chi connectivity index (χ1v) is 10.3. The van der Waals surface area contributed by atoms with Crippen molar-refractivity contribution in [2.45, 2.75) is 50.5 Å². The molecular formula is C21H26O5S. The lowest BCUT2D eigenvalue weighted by Gasteiger charge is -2.23. The van der Waals surface area contributed by atoms with Gasteiger partial charge in [-0.3, -0.25) is 4.18 Å². The molecule has 1 aliphatic rings. The molecule has 0 spiro atoms. The molecule has 2 aromatic carbocycles. The van der Waals surface area contributed by atoms with Crippen LogP contribution in [-0.2, 0) is 26.1 Å². The quantitative estimate of drug-likeness (QED) is 0.722. The molecule has 5 nitrogen and oxygen atoms in total. The molecule has 3 rings (SSSR count). The van der Waals surface area contributed by atoms with E-state index in [0.29, 0.717) is 6.42 Å². The zero-order chi connectivity index (χ0) is 19.8. The number of fused-ring (bicyclic) bond motifs is 1. The Labute approximate surface area is 161 Å². The predicted octanol–water partition coefficient (Wildman–Crippen LogP) is 4.01. The van der Waals surface area contributed by atoms with Crippen molar-refractivity contribution in [2.75, 3.05) is 13.7 Å². The number of hydrogen-bond donors (Lipinski definition) is 0. The minimum absolute atomic E-state index is 0.0310. The molecule has 27 heavy (non-hydrogen) atoms. The van der Waals surface area contributed by atoms with Gasteiger partial charge in [0.2, 0.25) is 0 Å². The van der Waals surface area contributed by atoms with Crippen LogP contribution in [-0.4, -0.2) is 28.2 Å². The fourth-order valence-corrected chi connectivity index (χ4v) is 4.05. The van der Waals surface area contributed by atoms with Crippen molar-refractivity contribution in [2.24, 2.45) is 0 Å². The van der Waals surface area contributed by atoms with Crippen LogP contribution in [0.1, 0.15) is 37.5 Å². The fourth-order valence-electron chi connectivity index (χ4n) is 3.11. The summed E-state index contributed by atoms with van der Waals surface area (Å²) < 4.78 is 41.6. The van der Waals surface area contributed by atoms with Crippen molar-refractivity contribution < 1.29 is 22.1 Å². The maximum absolute atomic E-state index is 12.4. The number of rotatable bonds is 5. The minimum atomic E-state index is -3.81. The smallest absolute Gasteiger partial charge is 0.297 e. The molecule has 1 atom stereocenters. The van der Waals surface area contributed by atoms with Crippen molar-refractivity contribution in [3.63, 3.8) is 0 Å². The highest BCUT2D eigenvalue weighted by molar-refractivity contribution is 7.86. The first-order valence-electron chi connectivity index (χ1n) is 8.94. The average molecular weight is 391 g/mol. The van der Waals surface area contributed by atoms with E-state index in [2.05, 4.69) is 20.8 Å². The second-order valence-corrected chi connectivity index (χ2v) is 9.52. The van der Waals surface area contributed by atoms with Crippen molar-refractivity contribution in [3.05, 3.63) is 53.1 Å². The molecule has 1 heterocycles. The topological polar surface area (TPSA) is 61.8 Å². The number of ether oxygens (including phenoxy) is 2. The SMILES string of the molecule is COc1cc2c(c(C(C)(C)C)c1)OC(COS(=O)(=O)c1ccc(C)cc1)C2. The molecular weight excluding hydrogens is 364 g/mol. The molecule has 6 heteroatoms. The van der Waals surface area contributed by atoms with Crippen LogP contribution in [0, 0.1) is 6.92 Å². The first-order chi connectivity index (χ1) is 12.6. The molecule has 1 unspecified atom stereocenters. The Balaban J connectivity index is 1.76. The second kappa shape index (κ2) is 7.17. The lowest BCUT2D eigenvalue weighted by molar-refractivity contribution is 0.150. The van der Waals surface area contributed by atoms with Crippen molar-refractivity contribution in [1.82, 2.24) is 0 Å². The highest BCUT2D eigenvalue weighted by Gasteiger charge is 2.32. The zero-order valence-corrected chi connectivity index (χ0v) is 17.2. The molecule has 0 bridgehead atoms. The van der Waals surface area contributed by atoms with Gasteiger partial charge in [-0.2, -0.15) is 8.42 Å². The van der Waals surface area contributed by atoms with Gasteiger partial charge in [0.15, 0.2) is 0 Å². The van der Waals surface area contributed by atoms with E-state index in [1.807, 2.05) is 19.1 Å². The van der Waals surface area contributed by atoms with Gasteiger partial charge in [-0.05, 0) is 36.6 Å². The number of hydrogen-bond acceptors (Lipinski definition) is 5. The van der Waals surface area contributed by atoms with Crippen molar-refractivity contribution in [3.8, 4) is 11.5 Å².